The predicted octanol–water partition coefficient (Wildman–Crippen LogP) is 1.99. The molecule has 2 aliphatic rings. The Morgan fingerprint density at radius 1 is 1.19 bits per heavy atom. The van der Waals surface area contributed by atoms with Gasteiger partial charge in [0.25, 0.3) is 5.91 Å². The van der Waals surface area contributed by atoms with E-state index in [-0.39, 0.29) is 11.3 Å². The second kappa shape index (κ2) is 8.30. The molecule has 1 saturated heterocycles. The maximum atomic E-state index is 13.4. The molecule has 0 aliphatic carbocycles. The third kappa shape index (κ3) is 3.67. The molecule has 31 heavy (non-hydrogen) atoms. The number of amides is 1. The summed E-state index contributed by atoms with van der Waals surface area (Å²) in [6.45, 7) is 4.35. The zero-order chi connectivity index (χ0) is 21.4. The highest BCUT2D eigenvalue weighted by Gasteiger charge is 2.45. The molecular weight excluding hydrogens is 416 g/mol. The maximum Gasteiger partial charge on any atom is 0.290 e. The number of aliphatic hydroxyl groups excluding tert-OH is 1. The number of fused-ring (bicyclic) bond motifs is 1. The summed E-state index contributed by atoms with van der Waals surface area (Å²) in [5, 5.41) is 13.5. The first kappa shape index (κ1) is 20.0. The first-order valence-corrected chi connectivity index (χ1v) is 11.2. The Balaban J connectivity index is 1.47. The van der Waals surface area contributed by atoms with Gasteiger partial charge >= 0.3 is 0 Å². The number of Topliss-reactive ketones (excluding diaryl/α,β-unsaturated/α-hetero) is 1. The average Bonchev–Trinajstić information content (AvgIpc) is 3.52. The van der Waals surface area contributed by atoms with Gasteiger partial charge in [0.1, 0.15) is 18.7 Å². The molecule has 7 nitrogen and oxygen atoms in total. The first-order valence-electron chi connectivity index (χ1n) is 10.4. The van der Waals surface area contributed by atoms with Crippen molar-refractivity contribution in [1.29, 1.82) is 0 Å². The molecule has 1 amide bonds. The topological polar surface area (TPSA) is 84.4 Å². The Morgan fingerprint density at radius 3 is 2.74 bits per heavy atom. The molecule has 1 aromatic carbocycles. The van der Waals surface area contributed by atoms with E-state index in [4.69, 9.17) is 9.15 Å². The highest BCUT2D eigenvalue weighted by atomic mass is 32.1. The van der Waals surface area contributed by atoms with Crippen LogP contribution in [0.2, 0.25) is 0 Å². The molecule has 160 valence electrons. The second-order valence-electron chi connectivity index (χ2n) is 7.77. The van der Waals surface area contributed by atoms with Crippen LogP contribution in [0, 0.1) is 0 Å². The van der Waals surface area contributed by atoms with Crippen molar-refractivity contribution in [3.63, 3.8) is 0 Å². The average molecular weight is 440 g/mol. The SMILES string of the molecule is O=C(C1=C(O)C(=O)N(CC[NH+]2CCOCC2)[C@H]1c1cccs1)c1cc2ccccc2o1. The highest BCUT2D eigenvalue weighted by Crippen LogP contribution is 2.40. The number of furan rings is 1. The van der Waals surface area contributed by atoms with Crippen molar-refractivity contribution in [2.24, 2.45) is 0 Å². The van der Waals surface area contributed by atoms with Gasteiger partial charge in [-0.05, 0) is 23.6 Å². The van der Waals surface area contributed by atoms with Crippen LogP contribution in [-0.4, -0.2) is 61.1 Å². The Labute approximate surface area is 183 Å². The van der Waals surface area contributed by atoms with E-state index in [1.54, 1.807) is 17.0 Å². The summed E-state index contributed by atoms with van der Waals surface area (Å²) in [5.41, 5.74) is 0.680. The Morgan fingerprint density at radius 2 is 2.00 bits per heavy atom. The zero-order valence-electron chi connectivity index (χ0n) is 16.9. The lowest BCUT2D eigenvalue weighted by atomic mass is 10.00. The highest BCUT2D eigenvalue weighted by molar-refractivity contribution is 7.10. The van der Waals surface area contributed by atoms with Crippen molar-refractivity contribution in [3.05, 3.63) is 69.8 Å². The number of benzene rings is 1. The van der Waals surface area contributed by atoms with Crippen LogP contribution in [0.15, 0.2) is 63.6 Å². The summed E-state index contributed by atoms with van der Waals surface area (Å²) >= 11 is 1.46. The zero-order valence-corrected chi connectivity index (χ0v) is 17.7. The molecule has 0 saturated carbocycles. The standard InChI is InChI=1S/C23H22N2O5S/c26-21(17-14-15-4-1-2-5-16(15)30-17)19-20(18-6-3-13-31-18)25(23(28)22(19)27)8-7-24-9-11-29-12-10-24/h1-6,13-14,20,27H,7-12H2/p+1/t20-/m0/s1. The van der Waals surface area contributed by atoms with Crippen molar-refractivity contribution >= 4 is 34.0 Å². The van der Waals surface area contributed by atoms with Gasteiger partial charge in [-0.15, -0.1) is 11.3 Å². The lowest BCUT2D eigenvalue weighted by Crippen LogP contribution is -3.14. The van der Waals surface area contributed by atoms with E-state index in [1.165, 1.54) is 16.2 Å². The quantitative estimate of drug-likeness (QED) is 0.574. The van der Waals surface area contributed by atoms with Crippen LogP contribution in [0.4, 0.5) is 0 Å². The number of ketones is 1. The van der Waals surface area contributed by atoms with Crippen LogP contribution in [0.3, 0.4) is 0 Å². The van der Waals surface area contributed by atoms with E-state index >= 15 is 0 Å². The fourth-order valence-electron chi connectivity index (χ4n) is 4.27. The van der Waals surface area contributed by atoms with Crippen LogP contribution in [0.1, 0.15) is 21.5 Å². The number of hydrogen-bond donors (Lipinski definition) is 2. The van der Waals surface area contributed by atoms with E-state index in [0.29, 0.717) is 25.3 Å². The molecule has 3 aromatic rings. The van der Waals surface area contributed by atoms with Crippen molar-refractivity contribution in [1.82, 2.24) is 4.90 Å². The molecule has 0 bridgehead atoms. The molecule has 5 rings (SSSR count). The van der Waals surface area contributed by atoms with Crippen molar-refractivity contribution < 1.29 is 28.7 Å². The van der Waals surface area contributed by atoms with Gasteiger partial charge in [-0.3, -0.25) is 9.59 Å². The van der Waals surface area contributed by atoms with Gasteiger partial charge in [-0.25, -0.2) is 0 Å². The molecule has 0 unspecified atom stereocenters. The van der Waals surface area contributed by atoms with Crippen LogP contribution in [0.25, 0.3) is 11.0 Å². The number of carbonyl (C=O) groups excluding carboxylic acids is 2. The Bertz CT molecular complexity index is 1110. The number of quaternary nitrogens is 1. The third-order valence-electron chi connectivity index (χ3n) is 5.92. The van der Waals surface area contributed by atoms with E-state index < -0.39 is 23.5 Å². The van der Waals surface area contributed by atoms with E-state index in [2.05, 4.69) is 0 Å². The van der Waals surface area contributed by atoms with Crippen LogP contribution in [-0.2, 0) is 9.53 Å². The number of nitrogens with zero attached hydrogens (tertiary/aromatic N) is 1. The molecule has 0 radical (unpaired) electrons. The lowest BCUT2D eigenvalue weighted by Gasteiger charge is -2.29. The van der Waals surface area contributed by atoms with Gasteiger partial charge in [-0.1, -0.05) is 24.3 Å². The fourth-order valence-corrected chi connectivity index (χ4v) is 5.12. The second-order valence-corrected chi connectivity index (χ2v) is 8.75. The lowest BCUT2D eigenvalue weighted by molar-refractivity contribution is -0.907. The minimum atomic E-state index is -0.617. The maximum absolute atomic E-state index is 13.4. The number of aliphatic hydroxyl groups is 1. The number of para-hydroxylation sites is 1. The summed E-state index contributed by atoms with van der Waals surface area (Å²) in [7, 11) is 0. The third-order valence-corrected chi connectivity index (χ3v) is 6.84. The monoisotopic (exact) mass is 439 g/mol. The van der Waals surface area contributed by atoms with Gasteiger partial charge in [-0.2, -0.15) is 0 Å². The predicted molar refractivity (Wildman–Crippen MR) is 115 cm³/mol. The summed E-state index contributed by atoms with van der Waals surface area (Å²) in [6.07, 6.45) is 0. The number of morpholine rings is 1. The molecule has 1 fully saturated rings. The van der Waals surface area contributed by atoms with Crippen LogP contribution in [0.5, 0.6) is 0 Å². The number of carbonyl (C=O) groups is 2. The van der Waals surface area contributed by atoms with Crippen molar-refractivity contribution in [3.8, 4) is 0 Å². The van der Waals surface area contributed by atoms with E-state index in [1.807, 2.05) is 35.7 Å². The molecule has 2 N–H and O–H groups in total. The van der Waals surface area contributed by atoms with Crippen LogP contribution < -0.4 is 4.90 Å². The van der Waals surface area contributed by atoms with Gasteiger partial charge in [0.2, 0.25) is 5.78 Å². The van der Waals surface area contributed by atoms with Gasteiger partial charge in [0.15, 0.2) is 11.5 Å². The van der Waals surface area contributed by atoms with E-state index in [9.17, 15) is 14.7 Å². The van der Waals surface area contributed by atoms with Crippen molar-refractivity contribution in [2.45, 2.75) is 6.04 Å². The molecule has 8 heteroatoms. The number of thiophene rings is 1. The molecule has 4 heterocycles. The number of rotatable bonds is 6. The summed E-state index contributed by atoms with van der Waals surface area (Å²) in [5.74, 6) is -1.33. The fraction of sp³-hybridized carbons (Fsp3) is 0.304. The van der Waals surface area contributed by atoms with Crippen molar-refractivity contribution in [2.75, 3.05) is 39.4 Å². The Hall–Kier alpha value is -2.94. The molecule has 2 aromatic heterocycles. The largest absolute Gasteiger partial charge is 0.503 e. The number of hydrogen-bond acceptors (Lipinski definition) is 6. The molecule has 2 aliphatic heterocycles. The van der Waals surface area contributed by atoms with Crippen LogP contribution >= 0.6 is 11.3 Å². The number of ether oxygens (including phenoxy) is 1. The summed E-state index contributed by atoms with van der Waals surface area (Å²) in [4.78, 5) is 30.2. The van der Waals surface area contributed by atoms with Gasteiger partial charge in [0, 0.05) is 10.3 Å². The minimum absolute atomic E-state index is 0.0866. The van der Waals surface area contributed by atoms with Gasteiger partial charge < -0.3 is 24.1 Å². The molecule has 1 atom stereocenters. The first-order chi connectivity index (χ1) is 15.1. The normalized spacial score (nSPS) is 20.2. The minimum Gasteiger partial charge on any atom is -0.503 e. The van der Waals surface area contributed by atoms with E-state index in [0.717, 1.165) is 29.9 Å². The van der Waals surface area contributed by atoms with Gasteiger partial charge in [0.05, 0.1) is 37.9 Å². The molecular formula is C23H23N2O5S+. The molecule has 0 spiro atoms. The Kier molecular flexibility index (Phi) is 5.35. The number of nitrogens with one attached hydrogen (secondary N) is 1. The summed E-state index contributed by atoms with van der Waals surface area (Å²) < 4.78 is 11.2. The smallest absolute Gasteiger partial charge is 0.290 e. The summed E-state index contributed by atoms with van der Waals surface area (Å²) in [6, 6.07) is 12.2.